The number of fused-ring (bicyclic) bond motifs is 1. The van der Waals surface area contributed by atoms with Crippen LogP contribution in [-0.4, -0.2) is 21.6 Å². The lowest BCUT2D eigenvalue weighted by Gasteiger charge is -2.19. The Morgan fingerprint density at radius 2 is 1.84 bits per heavy atom. The molecule has 1 saturated heterocycles. The van der Waals surface area contributed by atoms with Crippen molar-refractivity contribution in [2.45, 2.75) is 32.2 Å². The van der Waals surface area contributed by atoms with Crippen LogP contribution < -0.4 is 4.90 Å². The number of benzene rings is 1. The predicted octanol–water partition coefficient (Wildman–Crippen LogP) is 3.40. The van der Waals surface area contributed by atoms with E-state index in [-0.39, 0.29) is 23.7 Å². The molecule has 1 aliphatic heterocycles. The summed E-state index contributed by atoms with van der Waals surface area (Å²) in [6, 6.07) is 4.18. The molecule has 1 aliphatic carbocycles. The monoisotopic (exact) mass is 361 g/mol. The van der Waals surface area contributed by atoms with Crippen LogP contribution in [0.3, 0.4) is 0 Å². The van der Waals surface area contributed by atoms with Gasteiger partial charge < -0.3 is 0 Å². The maximum absolute atomic E-state index is 13.1. The Hall–Kier alpha value is -2.21. The fourth-order valence-corrected chi connectivity index (χ4v) is 4.02. The van der Waals surface area contributed by atoms with Gasteiger partial charge >= 0.3 is 0 Å². The van der Waals surface area contributed by atoms with Crippen LogP contribution in [0.4, 0.5) is 10.1 Å². The van der Waals surface area contributed by atoms with Crippen molar-refractivity contribution >= 4 is 29.1 Å². The first-order chi connectivity index (χ1) is 12.0. The van der Waals surface area contributed by atoms with Gasteiger partial charge in [0.15, 0.2) is 0 Å². The maximum Gasteiger partial charge on any atom is 0.237 e. The SMILES string of the molecule is O=C1[C@H]2CCCC[C@H]2C(=O)N1c1cnn(Cc2ccc(F)cc2Cl)c1. The molecular weight excluding hydrogens is 345 g/mol. The standard InChI is InChI=1S/C18H17ClFN3O2/c19-16-7-12(20)6-5-11(16)9-22-10-13(8-21-22)23-17(24)14-3-1-2-4-15(14)18(23)25/h5-8,10,14-15H,1-4,9H2/t14-,15+. The number of nitrogens with zero attached hydrogens (tertiary/aromatic N) is 3. The van der Waals surface area contributed by atoms with E-state index in [0.29, 0.717) is 22.8 Å². The van der Waals surface area contributed by atoms with E-state index in [4.69, 9.17) is 11.6 Å². The van der Waals surface area contributed by atoms with Crippen molar-refractivity contribution < 1.29 is 14.0 Å². The normalized spacial score (nSPS) is 23.2. The van der Waals surface area contributed by atoms with Crippen LogP contribution in [0.15, 0.2) is 30.6 Å². The van der Waals surface area contributed by atoms with Crippen molar-refractivity contribution in [1.82, 2.24) is 9.78 Å². The molecule has 2 aliphatic rings. The molecule has 1 aromatic heterocycles. The maximum atomic E-state index is 13.1. The molecule has 0 unspecified atom stereocenters. The first-order valence-electron chi connectivity index (χ1n) is 8.39. The molecule has 7 heteroatoms. The molecule has 130 valence electrons. The van der Waals surface area contributed by atoms with Crippen LogP contribution in [0.25, 0.3) is 0 Å². The van der Waals surface area contributed by atoms with Gasteiger partial charge in [0.25, 0.3) is 0 Å². The minimum absolute atomic E-state index is 0.117. The van der Waals surface area contributed by atoms with Crippen LogP contribution in [0, 0.1) is 17.7 Å². The van der Waals surface area contributed by atoms with Crippen LogP contribution in [0.2, 0.25) is 5.02 Å². The summed E-state index contributed by atoms with van der Waals surface area (Å²) in [7, 11) is 0. The zero-order valence-electron chi connectivity index (χ0n) is 13.5. The van der Waals surface area contributed by atoms with Crippen LogP contribution in [-0.2, 0) is 16.1 Å². The third-order valence-electron chi connectivity index (χ3n) is 5.07. The summed E-state index contributed by atoms with van der Waals surface area (Å²) < 4.78 is 14.7. The summed E-state index contributed by atoms with van der Waals surface area (Å²) in [4.78, 5) is 26.5. The van der Waals surface area contributed by atoms with E-state index >= 15 is 0 Å². The Morgan fingerprint density at radius 3 is 2.48 bits per heavy atom. The third kappa shape index (κ3) is 2.84. The summed E-state index contributed by atoms with van der Waals surface area (Å²) in [5, 5.41) is 4.54. The van der Waals surface area contributed by atoms with Crippen molar-refractivity contribution in [3.63, 3.8) is 0 Å². The lowest BCUT2D eigenvalue weighted by molar-refractivity contribution is -0.122. The Bertz CT molecular complexity index is 827. The number of hydrogen-bond acceptors (Lipinski definition) is 3. The first kappa shape index (κ1) is 16.3. The lowest BCUT2D eigenvalue weighted by atomic mass is 9.81. The number of anilines is 1. The second-order valence-corrected chi connectivity index (χ2v) is 7.05. The highest BCUT2D eigenvalue weighted by molar-refractivity contribution is 6.31. The van der Waals surface area contributed by atoms with E-state index in [1.165, 1.54) is 23.2 Å². The van der Waals surface area contributed by atoms with Gasteiger partial charge in [-0.2, -0.15) is 5.10 Å². The number of aromatic nitrogens is 2. The Morgan fingerprint density at radius 1 is 1.16 bits per heavy atom. The number of carbonyl (C=O) groups is 2. The van der Waals surface area contributed by atoms with Gasteiger partial charge in [-0.15, -0.1) is 0 Å². The Kier molecular flexibility index (Phi) is 4.07. The van der Waals surface area contributed by atoms with E-state index in [2.05, 4.69) is 5.10 Å². The zero-order valence-corrected chi connectivity index (χ0v) is 14.2. The molecule has 2 amide bonds. The van der Waals surface area contributed by atoms with E-state index in [1.54, 1.807) is 16.9 Å². The fraction of sp³-hybridized carbons (Fsp3) is 0.389. The minimum atomic E-state index is -0.397. The molecule has 2 aromatic rings. The molecule has 5 nitrogen and oxygen atoms in total. The van der Waals surface area contributed by atoms with Crippen molar-refractivity contribution in [3.8, 4) is 0 Å². The summed E-state index contributed by atoms with van der Waals surface area (Å²) >= 11 is 6.04. The van der Waals surface area contributed by atoms with Crippen LogP contribution in [0.1, 0.15) is 31.2 Å². The molecule has 1 aromatic carbocycles. The molecule has 2 fully saturated rings. The molecule has 0 radical (unpaired) electrons. The van der Waals surface area contributed by atoms with Crippen molar-refractivity contribution in [3.05, 3.63) is 47.0 Å². The van der Waals surface area contributed by atoms with Crippen LogP contribution >= 0.6 is 11.6 Å². The third-order valence-corrected chi connectivity index (χ3v) is 5.42. The van der Waals surface area contributed by atoms with Gasteiger partial charge in [0.05, 0.1) is 30.3 Å². The predicted molar refractivity (Wildman–Crippen MR) is 90.7 cm³/mol. The molecule has 2 heterocycles. The smallest absolute Gasteiger partial charge is 0.237 e. The molecule has 0 spiro atoms. The molecule has 4 rings (SSSR count). The van der Waals surface area contributed by atoms with Gasteiger partial charge in [-0.05, 0) is 30.5 Å². The van der Waals surface area contributed by atoms with E-state index in [1.807, 2.05) is 0 Å². The topological polar surface area (TPSA) is 55.2 Å². The number of imide groups is 1. The second-order valence-electron chi connectivity index (χ2n) is 6.64. The highest BCUT2D eigenvalue weighted by Gasteiger charge is 2.49. The molecule has 0 N–H and O–H groups in total. The van der Waals surface area contributed by atoms with Gasteiger partial charge in [-0.25, -0.2) is 9.29 Å². The van der Waals surface area contributed by atoms with Gasteiger partial charge in [0.2, 0.25) is 11.8 Å². The summed E-state index contributed by atoms with van der Waals surface area (Å²) in [6.07, 6.45) is 6.74. The number of carbonyl (C=O) groups excluding carboxylic acids is 2. The average Bonchev–Trinajstić information content (AvgIpc) is 3.14. The van der Waals surface area contributed by atoms with Gasteiger partial charge in [-0.1, -0.05) is 30.5 Å². The van der Waals surface area contributed by atoms with Gasteiger partial charge in [0.1, 0.15) is 5.82 Å². The van der Waals surface area contributed by atoms with Gasteiger partial charge in [0, 0.05) is 11.2 Å². The summed E-state index contributed by atoms with van der Waals surface area (Å²) in [5.74, 6) is -0.999. The summed E-state index contributed by atoms with van der Waals surface area (Å²) in [6.45, 7) is 0.336. The molecule has 0 bridgehead atoms. The quantitative estimate of drug-likeness (QED) is 0.787. The van der Waals surface area contributed by atoms with Gasteiger partial charge in [-0.3, -0.25) is 14.3 Å². The zero-order chi connectivity index (χ0) is 17.6. The number of amides is 2. The minimum Gasteiger partial charge on any atom is -0.274 e. The second kappa shape index (κ2) is 6.26. The Labute approximate surface area is 149 Å². The molecule has 1 saturated carbocycles. The highest BCUT2D eigenvalue weighted by atomic mass is 35.5. The highest BCUT2D eigenvalue weighted by Crippen LogP contribution is 2.39. The molecule has 2 atom stereocenters. The molecular formula is C18H17ClFN3O2. The van der Waals surface area contributed by atoms with Crippen molar-refractivity contribution in [2.24, 2.45) is 11.8 Å². The number of halogens is 2. The lowest BCUT2D eigenvalue weighted by Crippen LogP contribution is -2.30. The number of hydrogen-bond donors (Lipinski definition) is 0. The van der Waals surface area contributed by atoms with Crippen molar-refractivity contribution in [2.75, 3.05) is 4.90 Å². The van der Waals surface area contributed by atoms with E-state index in [0.717, 1.165) is 25.7 Å². The van der Waals surface area contributed by atoms with Crippen LogP contribution in [0.5, 0.6) is 0 Å². The largest absolute Gasteiger partial charge is 0.274 e. The first-order valence-corrected chi connectivity index (χ1v) is 8.76. The average molecular weight is 362 g/mol. The molecule has 25 heavy (non-hydrogen) atoms. The summed E-state index contributed by atoms with van der Waals surface area (Å²) in [5.41, 5.74) is 1.20. The van der Waals surface area contributed by atoms with E-state index < -0.39 is 5.82 Å². The Balaban J connectivity index is 1.57. The van der Waals surface area contributed by atoms with E-state index in [9.17, 15) is 14.0 Å². The number of rotatable bonds is 3. The fourth-order valence-electron chi connectivity index (χ4n) is 3.80. The van der Waals surface area contributed by atoms with Crippen molar-refractivity contribution in [1.29, 1.82) is 0 Å².